The average molecular weight is 165 g/mol. The highest BCUT2D eigenvalue weighted by Gasteiger charge is 2.26. The number of hydrogen-bond acceptors (Lipinski definition) is 1. The number of likely N-dealkylation sites (tertiary alicyclic amines) is 1. The standard InChI is InChI=1S/C10H15NO/c1-3-5-8-11-9(4-2)6-7-10(11)12/h4-5,8-9H,2-3,6-7H2,1H3/t9-/m1/s1. The Labute approximate surface area is 73.6 Å². The van der Waals surface area contributed by atoms with Crippen LogP contribution in [0.4, 0.5) is 0 Å². The first-order valence-corrected chi connectivity index (χ1v) is 4.40. The highest BCUT2D eigenvalue weighted by molar-refractivity contribution is 5.80. The van der Waals surface area contributed by atoms with Gasteiger partial charge in [0, 0.05) is 12.6 Å². The minimum atomic E-state index is 0.213. The Balaban J connectivity index is 2.63. The lowest BCUT2D eigenvalue weighted by Crippen LogP contribution is -2.25. The maximum absolute atomic E-state index is 11.3. The monoisotopic (exact) mass is 165 g/mol. The minimum Gasteiger partial charge on any atom is -0.313 e. The van der Waals surface area contributed by atoms with Crippen LogP contribution in [0.1, 0.15) is 26.2 Å². The normalized spacial score (nSPS) is 23.9. The second kappa shape index (κ2) is 4.10. The van der Waals surface area contributed by atoms with E-state index in [1.165, 1.54) is 0 Å². The average Bonchev–Trinajstić information content (AvgIpc) is 2.43. The van der Waals surface area contributed by atoms with Gasteiger partial charge in [-0.1, -0.05) is 19.1 Å². The van der Waals surface area contributed by atoms with Crippen LogP contribution in [0.2, 0.25) is 0 Å². The van der Waals surface area contributed by atoms with Crippen LogP contribution in [-0.2, 0) is 4.79 Å². The van der Waals surface area contributed by atoms with E-state index in [-0.39, 0.29) is 11.9 Å². The largest absolute Gasteiger partial charge is 0.313 e. The van der Waals surface area contributed by atoms with Crippen LogP contribution in [0.15, 0.2) is 24.9 Å². The molecule has 0 N–H and O–H groups in total. The topological polar surface area (TPSA) is 20.3 Å². The van der Waals surface area contributed by atoms with Gasteiger partial charge < -0.3 is 4.90 Å². The van der Waals surface area contributed by atoms with E-state index in [4.69, 9.17) is 0 Å². The zero-order chi connectivity index (χ0) is 8.97. The molecule has 0 saturated carbocycles. The first-order valence-electron chi connectivity index (χ1n) is 4.40. The van der Waals surface area contributed by atoms with Crippen molar-refractivity contribution in [2.45, 2.75) is 32.2 Å². The van der Waals surface area contributed by atoms with E-state index in [9.17, 15) is 4.79 Å². The van der Waals surface area contributed by atoms with Gasteiger partial charge in [-0.05, 0) is 12.8 Å². The number of amides is 1. The number of rotatable bonds is 3. The molecule has 0 spiro atoms. The summed E-state index contributed by atoms with van der Waals surface area (Å²) in [5.74, 6) is 0.213. The van der Waals surface area contributed by atoms with Crippen molar-refractivity contribution in [3.8, 4) is 0 Å². The Morgan fingerprint density at radius 1 is 1.75 bits per heavy atom. The molecule has 2 nitrogen and oxygen atoms in total. The van der Waals surface area contributed by atoms with Crippen LogP contribution in [-0.4, -0.2) is 16.8 Å². The third-order valence-electron chi connectivity index (χ3n) is 2.07. The Bertz CT molecular complexity index is 208. The van der Waals surface area contributed by atoms with Crippen molar-refractivity contribution in [2.24, 2.45) is 0 Å². The number of allylic oxidation sites excluding steroid dienone is 1. The van der Waals surface area contributed by atoms with E-state index in [1.807, 2.05) is 18.4 Å². The molecule has 1 aliphatic rings. The first kappa shape index (κ1) is 9.04. The maximum atomic E-state index is 11.3. The third kappa shape index (κ3) is 1.76. The van der Waals surface area contributed by atoms with E-state index in [2.05, 4.69) is 13.5 Å². The summed E-state index contributed by atoms with van der Waals surface area (Å²) in [5.41, 5.74) is 0. The minimum absolute atomic E-state index is 0.213. The van der Waals surface area contributed by atoms with Crippen molar-refractivity contribution in [3.05, 3.63) is 24.9 Å². The Hall–Kier alpha value is -1.05. The maximum Gasteiger partial charge on any atom is 0.227 e. The van der Waals surface area contributed by atoms with Crippen molar-refractivity contribution >= 4 is 5.91 Å². The second-order valence-corrected chi connectivity index (χ2v) is 2.94. The van der Waals surface area contributed by atoms with Gasteiger partial charge in [-0.2, -0.15) is 0 Å². The second-order valence-electron chi connectivity index (χ2n) is 2.94. The quantitative estimate of drug-likeness (QED) is 0.586. The summed E-state index contributed by atoms with van der Waals surface area (Å²) in [6.45, 7) is 5.76. The highest BCUT2D eigenvalue weighted by atomic mass is 16.2. The van der Waals surface area contributed by atoms with Crippen molar-refractivity contribution in [1.82, 2.24) is 4.90 Å². The predicted octanol–water partition coefficient (Wildman–Crippen LogP) is 2.09. The Morgan fingerprint density at radius 2 is 2.50 bits per heavy atom. The van der Waals surface area contributed by atoms with Crippen LogP contribution in [0.5, 0.6) is 0 Å². The molecule has 1 saturated heterocycles. The fourth-order valence-corrected chi connectivity index (χ4v) is 1.37. The third-order valence-corrected chi connectivity index (χ3v) is 2.07. The van der Waals surface area contributed by atoms with E-state index < -0.39 is 0 Å². The summed E-state index contributed by atoms with van der Waals surface area (Å²) in [5, 5.41) is 0. The molecule has 0 radical (unpaired) electrons. The summed E-state index contributed by atoms with van der Waals surface area (Å²) in [6.07, 6.45) is 8.25. The lowest BCUT2D eigenvalue weighted by atomic mass is 10.2. The SMILES string of the molecule is C=C[C@@H]1CCC(=O)N1C=CCC. The van der Waals surface area contributed by atoms with Gasteiger partial charge >= 0.3 is 0 Å². The molecular weight excluding hydrogens is 150 g/mol. The van der Waals surface area contributed by atoms with Gasteiger partial charge in [-0.25, -0.2) is 0 Å². The molecule has 1 rings (SSSR count). The van der Waals surface area contributed by atoms with E-state index in [0.717, 1.165) is 12.8 Å². The Kier molecular flexibility index (Phi) is 3.09. The van der Waals surface area contributed by atoms with Gasteiger partial charge in [-0.15, -0.1) is 6.58 Å². The van der Waals surface area contributed by atoms with Crippen molar-refractivity contribution in [3.63, 3.8) is 0 Å². The molecule has 0 aliphatic carbocycles. The zero-order valence-electron chi connectivity index (χ0n) is 7.49. The molecule has 12 heavy (non-hydrogen) atoms. The van der Waals surface area contributed by atoms with Gasteiger partial charge in [0.25, 0.3) is 0 Å². The fourth-order valence-electron chi connectivity index (χ4n) is 1.37. The summed E-state index contributed by atoms with van der Waals surface area (Å²) in [4.78, 5) is 13.1. The first-order chi connectivity index (χ1) is 5.79. The molecule has 0 aromatic rings. The van der Waals surface area contributed by atoms with Gasteiger partial charge in [0.1, 0.15) is 0 Å². The summed E-state index contributed by atoms with van der Waals surface area (Å²) in [6, 6.07) is 0.222. The molecule has 1 amide bonds. The molecule has 1 atom stereocenters. The molecule has 0 aromatic carbocycles. The number of carbonyl (C=O) groups is 1. The predicted molar refractivity (Wildman–Crippen MR) is 49.5 cm³/mol. The lowest BCUT2D eigenvalue weighted by Gasteiger charge is -2.16. The van der Waals surface area contributed by atoms with E-state index in [0.29, 0.717) is 6.42 Å². The van der Waals surface area contributed by atoms with Crippen LogP contribution in [0.25, 0.3) is 0 Å². The van der Waals surface area contributed by atoms with Crippen LogP contribution < -0.4 is 0 Å². The summed E-state index contributed by atoms with van der Waals surface area (Å²) >= 11 is 0. The number of nitrogens with zero attached hydrogens (tertiary/aromatic N) is 1. The molecular formula is C10H15NO. The van der Waals surface area contributed by atoms with Crippen molar-refractivity contribution in [1.29, 1.82) is 0 Å². The van der Waals surface area contributed by atoms with Crippen LogP contribution in [0.3, 0.4) is 0 Å². The van der Waals surface area contributed by atoms with Gasteiger partial charge in [0.05, 0.1) is 6.04 Å². The van der Waals surface area contributed by atoms with Gasteiger partial charge in [-0.3, -0.25) is 4.79 Å². The van der Waals surface area contributed by atoms with E-state index in [1.54, 1.807) is 4.90 Å². The summed E-state index contributed by atoms with van der Waals surface area (Å²) < 4.78 is 0. The van der Waals surface area contributed by atoms with Crippen LogP contribution in [0, 0.1) is 0 Å². The number of hydrogen-bond donors (Lipinski definition) is 0. The molecule has 1 aliphatic heterocycles. The zero-order valence-corrected chi connectivity index (χ0v) is 7.49. The lowest BCUT2D eigenvalue weighted by molar-refractivity contribution is -0.126. The molecule has 66 valence electrons. The molecule has 0 bridgehead atoms. The smallest absolute Gasteiger partial charge is 0.227 e. The van der Waals surface area contributed by atoms with Crippen molar-refractivity contribution < 1.29 is 4.79 Å². The molecule has 1 fully saturated rings. The highest BCUT2D eigenvalue weighted by Crippen LogP contribution is 2.19. The molecule has 1 heterocycles. The van der Waals surface area contributed by atoms with Crippen molar-refractivity contribution in [2.75, 3.05) is 0 Å². The number of carbonyl (C=O) groups excluding carboxylic acids is 1. The fraction of sp³-hybridized carbons (Fsp3) is 0.500. The molecule has 0 aromatic heterocycles. The van der Waals surface area contributed by atoms with Crippen LogP contribution >= 0.6 is 0 Å². The summed E-state index contributed by atoms with van der Waals surface area (Å²) in [7, 11) is 0. The molecule has 0 unspecified atom stereocenters. The van der Waals surface area contributed by atoms with Gasteiger partial charge in [0.15, 0.2) is 0 Å². The van der Waals surface area contributed by atoms with Gasteiger partial charge in [0.2, 0.25) is 5.91 Å². The Morgan fingerprint density at radius 3 is 3.08 bits per heavy atom. The molecule has 2 heteroatoms. The van der Waals surface area contributed by atoms with E-state index >= 15 is 0 Å².